The van der Waals surface area contributed by atoms with Crippen LogP contribution in [0.4, 0.5) is 0 Å². The van der Waals surface area contributed by atoms with Crippen molar-refractivity contribution in [2.75, 3.05) is 0 Å². The van der Waals surface area contributed by atoms with Gasteiger partial charge in [0.05, 0.1) is 16.9 Å². The molecule has 0 saturated heterocycles. The fourth-order valence-electron chi connectivity index (χ4n) is 6.93. The van der Waals surface area contributed by atoms with Gasteiger partial charge in [0.25, 0.3) is 0 Å². The Labute approximate surface area is 297 Å². The zero-order chi connectivity index (χ0) is 34.6. The first-order valence-electron chi connectivity index (χ1n) is 15.8. The van der Waals surface area contributed by atoms with Crippen molar-refractivity contribution in [3.05, 3.63) is 177 Å². The zero-order valence-corrected chi connectivity index (χ0v) is 28.8. The van der Waals surface area contributed by atoms with Crippen LogP contribution in [0.5, 0.6) is 5.95 Å². The van der Waals surface area contributed by atoms with E-state index in [4.69, 9.17) is 31.8 Å². The summed E-state index contributed by atoms with van der Waals surface area (Å²) in [7, 11) is -2.57. The minimum absolute atomic E-state index is 0.0498. The number of benzene rings is 6. The molecule has 0 unspecified atom stereocenters. The second-order valence-electron chi connectivity index (χ2n) is 12.0. The van der Waals surface area contributed by atoms with Crippen molar-refractivity contribution in [2.24, 2.45) is 7.05 Å². The highest BCUT2D eigenvalue weighted by Crippen LogP contribution is 2.48. The van der Waals surface area contributed by atoms with Gasteiger partial charge in [0.2, 0.25) is 0 Å². The van der Waals surface area contributed by atoms with Gasteiger partial charge in [-0.2, -0.15) is 8.42 Å². The van der Waals surface area contributed by atoms with Crippen LogP contribution < -0.4 is 9.81 Å². The van der Waals surface area contributed by atoms with Crippen LogP contribution in [0.25, 0.3) is 43.6 Å². The molecule has 0 saturated carbocycles. The van der Waals surface area contributed by atoms with E-state index in [1.807, 2.05) is 98.0 Å². The third-order valence-corrected chi connectivity index (χ3v) is 10.8. The van der Waals surface area contributed by atoms with Gasteiger partial charge in [-0.05, 0) is 59.0 Å². The standard InChI is InChI=1S/C41H27Cl2NO5S/c1-44-34-21-7-6-20-33(34)37(39(44)36(26-13-8-15-28(42)23-26)27-14-9-16-29(43)24-27)38-31-18-4-5-19-32(31)40(45)48-41(38)49-50(46,47)35-22-10-12-25-11-2-3-17-30(25)35/h2-24,36H,1H3. The highest BCUT2D eigenvalue weighted by atomic mass is 35.5. The maximum Gasteiger partial charge on any atom is 0.346 e. The van der Waals surface area contributed by atoms with E-state index in [0.29, 0.717) is 31.9 Å². The van der Waals surface area contributed by atoms with Gasteiger partial charge in [-0.3, -0.25) is 0 Å². The summed E-state index contributed by atoms with van der Waals surface area (Å²) in [5.74, 6) is -0.886. The molecule has 0 aliphatic rings. The molecule has 2 aromatic heterocycles. The van der Waals surface area contributed by atoms with Gasteiger partial charge in [0.15, 0.2) is 0 Å². The van der Waals surface area contributed by atoms with E-state index in [-0.39, 0.29) is 10.3 Å². The summed E-state index contributed by atoms with van der Waals surface area (Å²) in [5.41, 5.74) is 3.63. The van der Waals surface area contributed by atoms with Gasteiger partial charge in [0, 0.05) is 50.0 Å². The smallest absolute Gasteiger partial charge is 0.346 e. The van der Waals surface area contributed by atoms with Crippen LogP contribution in [0.15, 0.2) is 154 Å². The Bertz CT molecular complexity index is 2740. The van der Waals surface area contributed by atoms with Gasteiger partial charge in [-0.25, -0.2) is 4.79 Å². The summed E-state index contributed by atoms with van der Waals surface area (Å²) in [6.07, 6.45) is 0. The molecule has 2 heterocycles. The fourth-order valence-corrected chi connectivity index (χ4v) is 8.43. The summed E-state index contributed by atoms with van der Waals surface area (Å²) < 4.78 is 42.4. The molecule has 6 nitrogen and oxygen atoms in total. The van der Waals surface area contributed by atoms with Gasteiger partial charge in [-0.15, -0.1) is 0 Å². The number of rotatable bonds is 7. The largest absolute Gasteiger partial charge is 0.388 e. The first kappa shape index (κ1) is 31.9. The van der Waals surface area contributed by atoms with Crippen molar-refractivity contribution >= 4 is 65.8 Å². The number of aromatic nitrogens is 1. The molecule has 50 heavy (non-hydrogen) atoms. The second-order valence-corrected chi connectivity index (χ2v) is 14.4. The number of nitrogens with zero attached hydrogens (tertiary/aromatic N) is 1. The lowest BCUT2D eigenvalue weighted by molar-refractivity contribution is 0.364. The van der Waals surface area contributed by atoms with Crippen molar-refractivity contribution in [2.45, 2.75) is 10.8 Å². The normalized spacial score (nSPS) is 11.9. The highest BCUT2D eigenvalue weighted by molar-refractivity contribution is 7.87. The van der Waals surface area contributed by atoms with Gasteiger partial charge in [-0.1, -0.05) is 120 Å². The molecule has 0 N–H and O–H groups in total. The summed E-state index contributed by atoms with van der Waals surface area (Å²) in [4.78, 5) is 13.5. The number of aryl methyl sites for hydroxylation is 1. The van der Waals surface area contributed by atoms with Gasteiger partial charge >= 0.3 is 21.7 Å². The van der Waals surface area contributed by atoms with Crippen molar-refractivity contribution in [1.29, 1.82) is 0 Å². The van der Waals surface area contributed by atoms with Crippen molar-refractivity contribution in [3.63, 3.8) is 0 Å². The van der Waals surface area contributed by atoms with E-state index in [0.717, 1.165) is 33.1 Å². The first-order valence-corrected chi connectivity index (χ1v) is 17.9. The molecule has 0 atom stereocenters. The third-order valence-electron chi connectivity index (χ3n) is 9.05. The molecule has 0 bridgehead atoms. The third kappa shape index (κ3) is 5.44. The maximum absolute atomic E-state index is 14.2. The Hall–Kier alpha value is -5.34. The number of fused-ring (bicyclic) bond motifs is 3. The number of hydrogen-bond acceptors (Lipinski definition) is 5. The molecule has 8 rings (SSSR count). The van der Waals surface area contributed by atoms with Crippen molar-refractivity contribution < 1.29 is 17.0 Å². The lowest BCUT2D eigenvalue weighted by Crippen LogP contribution is -2.14. The van der Waals surface area contributed by atoms with Crippen molar-refractivity contribution in [1.82, 2.24) is 4.57 Å². The summed E-state index contributed by atoms with van der Waals surface area (Å²) in [6.45, 7) is 0. The van der Waals surface area contributed by atoms with Crippen LogP contribution in [-0.4, -0.2) is 13.0 Å². The predicted molar refractivity (Wildman–Crippen MR) is 200 cm³/mol. The van der Waals surface area contributed by atoms with Crippen LogP contribution in [0.1, 0.15) is 22.7 Å². The monoisotopic (exact) mass is 715 g/mol. The maximum atomic E-state index is 14.2. The SMILES string of the molecule is Cn1c(C(c2cccc(Cl)c2)c2cccc(Cl)c2)c(-c2c(OS(=O)(=O)c3cccc4ccccc34)oc(=O)c3ccccc23)c2ccccc21. The summed E-state index contributed by atoms with van der Waals surface area (Å²) in [5, 5.41) is 3.85. The average molecular weight is 717 g/mol. The van der Waals surface area contributed by atoms with E-state index in [2.05, 4.69) is 4.57 Å². The van der Waals surface area contributed by atoms with Crippen LogP contribution in [0.2, 0.25) is 10.0 Å². The molecule has 0 spiro atoms. The minimum Gasteiger partial charge on any atom is -0.388 e. The van der Waals surface area contributed by atoms with E-state index in [9.17, 15) is 13.2 Å². The molecule has 0 fully saturated rings. The molecule has 0 aliphatic heterocycles. The highest BCUT2D eigenvalue weighted by Gasteiger charge is 2.33. The summed E-state index contributed by atoms with van der Waals surface area (Å²) >= 11 is 13.2. The lowest BCUT2D eigenvalue weighted by atomic mass is 9.84. The zero-order valence-electron chi connectivity index (χ0n) is 26.5. The predicted octanol–water partition coefficient (Wildman–Crippen LogP) is 10.4. The molecule has 6 aromatic carbocycles. The van der Waals surface area contributed by atoms with Gasteiger partial charge < -0.3 is 13.2 Å². The van der Waals surface area contributed by atoms with E-state index in [1.165, 1.54) is 6.07 Å². The van der Waals surface area contributed by atoms with Crippen LogP contribution in [-0.2, 0) is 17.2 Å². The number of hydrogen-bond donors (Lipinski definition) is 0. The Morgan fingerprint density at radius 2 is 1.20 bits per heavy atom. The van der Waals surface area contributed by atoms with Crippen LogP contribution >= 0.6 is 23.2 Å². The average Bonchev–Trinajstić information content (AvgIpc) is 3.39. The Balaban J connectivity index is 1.48. The Morgan fingerprint density at radius 1 is 0.640 bits per heavy atom. The molecule has 8 aromatic rings. The molecule has 0 amide bonds. The van der Waals surface area contributed by atoms with Crippen molar-refractivity contribution in [3.8, 4) is 17.1 Å². The van der Waals surface area contributed by atoms with Crippen LogP contribution in [0, 0.1) is 0 Å². The second kappa shape index (κ2) is 12.5. The molecule has 246 valence electrons. The molecule has 0 radical (unpaired) electrons. The van der Waals surface area contributed by atoms with Gasteiger partial charge in [0.1, 0.15) is 4.90 Å². The summed E-state index contributed by atoms with van der Waals surface area (Å²) in [6, 6.07) is 42.0. The Kier molecular flexibility index (Phi) is 7.99. The first-order chi connectivity index (χ1) is 24.2. The lowest BCUT2D eigenvalue weighted by Gasteiger charge is -2.23. The molecular formula is C41H27Cl2NO5S. The quantitative estimate of drug-likeness (QED) is 0.154. The topological polar surface area (TPSA) is 78.5 Å². The number of halogens is 2. The van der Waals surface area contributed by atoms with E-state index >= 15 is 0 Å². The Morgan fingerprint density at radius 3 is 1.88 bits per heavy atom. The molecule has 9 heteroatoms. The molecule has 0 aliphatic carbocycles. The van der Waals surface area contributed by atoms with Crippen LogP contribution in [0.3, 0.4) is 0 Å². The molecular weight excluding hydrogens is 689 g/mol. The van der Waals surface area contributed by atoms with E-state index < -0.39 is 27.6 Å². The van der Waals surface area contributed by atoms with E-state index in [1.54, 1.807) is 42.5 Å². The number of para-hydroxylation sites is 1. The fraction of sp³-hybridized carbons (Fsp3) is 0.0488. The minimum atomic E-state index is -4.53.